The lowest BCUT2D eigenvalue weighted by molar-refractivity contribution is 0.102. The molecule has 0 aliphatic heterocycles. The number of aliphatic hydroxyl groups is 1. The highest BCUT2D eigenvalue weighted by Gasteiger charge is 2.30. The third kappa shape index (κ3) is 2.75. The minimum absolute atomic E-state index is 0.0194. The lowest BCUT2D eigenvalue weighted by Gasteiger charge is -2.14. The van der Waals surface area contributed by atoms with Crippen LogP contribution in [-0.2, 0) is 6.42 Å². The normalized spacial score (nSPS) is 19.0. The number of aliphatic hydroxyl groups excluding tert-OH is 1. The number of nitrogens with zero attached hydrogens (tertiary/aromatic N) is 2. The molecule has 2 aliphatic carbocycles. The first-order valence-corrected chi connectivity index (χ1v) is 8.84. The second kappa shape index (κ2) is 5.90. The van der Waals surface area contributed by atoms with E-state index in [0.29, 0.717) is 40.7 Å². The smallest absolute Gasteiger partial charge is 0.204 e. The number of fused-ring (bicyclic) bond motifs is 1. The van der Waals surface area contributed by atoms with Crippen LogP contribution in [0, 0.1) is 0 Å². The molecule has 2 aromatic heterocycles. The van der Waals surface area contributed by atoms with Crippen molar-refractivity contribution in [3.8, 4) is 0 Å². The van der Waals surface area contributed by atoms with Gasteiger partial charge in [-0.05, 0) is 37.8 Å². The van der Waals surface area contributed by atoms with Gasteiger partial charge in [0.15, 0.2) is 5.13 Å². The molecule has 7 heteroatoms. The van der Waals surface area contributed by atoms with Crippen LogP contribution in [0.5, 0.6) is 0 Å². The lowest BCUT2D eigenvalue weighted by atomic mass is 9.93. The van der Waals surface area contributed by atoms with Crippen LogP contribution in [0.3, 0.4) is 0 Å². The van der Waals surface area contributed by atoms with E-state index in [1.165, 1.54) is 24.2 Å². The Morgan fingerprint density at radius 2 is 2.17 bits per heavy atom. The molecule has 0 atom stereocenters. The number of allylic oxidation sites excluding steroid dienone is 1. The lowest BCUT2D eigenvalue weighted by Crippen LogP contribution is -2.14. The summed E-state index contributed by atoms with van der Waals surface area (Å²) in [5.41, 5.74) is 1.85. The van der Waals surface area contributed by atoms with Crippen molar-refractivity contribution < 1.29 is 9.90 Å². The molecule has 2 aliphatic rings. The van der Waals surface area contributed by atoms with Crippen LogP contribution in [0.4, 0.5) is 10.9 Å². The van der Waals surface area contributed by atoms with Crippen molar-refractivity contribution in [3.63, 3.8) is 0 Å². The van der Waals surface area contributed by atoms with Gasteiger partial charge in [0.1, 0.15) is 11.6 Å². The fourth-order valence-electron chi connectivity index (χ4n) is 2.74. The molecule has 6 nitrogen and oxygen atoms in total. The molecule has 0 bridgehead atoms. The van der Waals surface area contributed by atoms with Crippen LogP contribution in [0.2, 0.25) is 0 Å². The van der Waals surface area contributed by atoms with Gasteiger partial charge in [0.2, 0.25) is 5.78 Å². The summed E-state index contributed by atoms with van der Waals surface area (Å²) in [7, 11) is 1.78. The van der Waals surface area contributed by atoms with Crippen LogP contribution < -0.4 is 10.6 Å². The van der Waals surface area contributed by atoms with Gasteiger partial charge in [-0.25, -0.2) is 9.97 Å². The van der Waals surface area contributed by atoms with Crippen LogP contribution in [0.25, 0.3) is 5.76 Å². The summed E-state index contributed by atoms with van der Waals surface area (Å²) in [6.07, 6.45) is 5.08. The second-order valence-electron chi connectivity index (χ2n) is 6.05. The summed E-state index contributed by atoms with van der Waals surface area (Å²) in [5, 5.41) is 17.6. The highest BCUT2D eigenvalue weighted by molar-refractivity contribution is 7.17. The number of hydrogen-bond acceptors (Lipinski definition) is 7. The maximum atomic E-state index is 12.8. The molecule has 2 aromatic rings. The number of aromatic nitrogens is 2. The minimum Gasteiger partial charge on any atom is -0.507 e. The van der Waals surface area contributed by atoms with Crippen LogP contribution >= 0.6 is 11.3 Å². The Labute approximate surface area is 143 Å². The average Bonchev–Trinajstić information content (AvgIpc) is 3.31. The first-order valence-electron chi connectivity index (χ1n) is 8.03. The van der Waals surface area contributed by atoms with Crippen LogP contribution in [-0.4, -0.2) is 33.9 Å². The SMILES string of the molecule is CNc1ccc(C(O)=C2CCc3nc(NC4CC4)sc3C2=O)cn1. The Morgan fingerprint density at radius 1 is 1.33 bits per heavy atom. The fourth-order valence-corrected chi connectivity index (χ4v) is 3.79. The quantitative estimate of drug-likeness (QED) is 0.584. The first kappa shape index (κ1) is 15.1. The van der Waals surface area contributed by atoms with Gasteiger partial charge in [-0.1, -0.05) is 11.3 Å². The minimum atomic E-state index is -0.118. The molecule has 0 spiro atoms. The second-order valence-corrected chi connectivity index (χ2v) is 7.05. The summed E-state index contributed by atoms with van der Waals surface area (Å²) in [5.74, 6) is 0.616. The van der Waals surface area contributed by atoms with Gasteiger partial charge < -0.3 is 15.7 Å². The number of rotatable bonds is 4. The van der Waals surface area contributed by atoms with Gasteiger partial charge in [0.05, 0.1) is 10.6 Å². The largest absolute Gasteiger partial charge is 0.507 e. The van der Waals surface area contributed by atoms with Crippen molar-refractivity contribution in [3.05, 3.63) is 40.0 Å². The molecule has 0 saturated heterocycles. The average molecular weight is 342 g/mol. The molecule has 0 radical (unpaired) electrons. The van der Waals surface area contributed by atoms with Crippen molar-refractivity contribution in [2.45, 2.75) is 31.7 Å². The highest BCUT2D eigenvalue weighted by Crippen LogP contribution is 2.36. The van der Waals surface area contributed by atoms with Gasteiger partial charge in [-0.15, -0.1) is 0 Å². The molecule has 0 aromatic carbocycles. The molecule has 124 valence electrons. The summed E-state index contributed by atoms with van der Waals surface area (Å²) in [6.45, 7) is 0. The number of thiazole rings is 1. The van der Waals surface area contributed by atoms with E-state index in [1.807, 2.05) is 0 Å². The van der Waals surface area contributed by atoms with Gasteiger partial charge >= 0.3 is 0 Å². The summed E-state index contributed by atoms with van der Waals surface area (Å²) in [6, 6.07) is 4.04. The third-order valence-electron chi connectivity index (χ3n) is 4.27. The number of hydrogen-bond donors (Lipinski definition) is 3. The highest BCUT2D eigenvalue weighted by atomic mass is 32.1. The van der Waals surface area contributed by atoms with Crippen molar-refractivity contribution in [2.75, 3.05) is 17.7 Å². The van der Waals surface area contributed by atoms with Crippen molar-refractivity contribution in [1.29, 1.82) is 0 Å². The Hall–Kier alpha value is -2.41. The van der Waals surface area contributed by atoms with Crippen molar-refractivity contribution in [2.24, 2.45) is 0 Å². The van der Waals surface area contributed by atoms with Crippen molar-refractivity contribution >= 4 is 33.8 Å². The zero-order chi connectivity index (χ0) is 16.7. The topological polar surface area (TPSA) is 87.1 Å². The molecule has 4 rings (SSSR count). The van der Waals surface area contributed by atoms with E-state index in [4.69, 9.17) is 0 Å². The summed E-state index contributed by atoms with van der Waals surface area (Å²) < 4.78 is 0. The summed E-state index contributed by atoms with van der Waals surface area (Å²) in [4.78, 5) is 22.1. The first-order chi connectivity index (χ1) is 11.7. The monoisotopic (exact) mass is 342 g/mol. The summed E-state index contributed by atoms with van der Waals surface area (Å²) >= 11 is 1.39. The van der Waals surface area contributed by atoms with Gasteiger partial charge in [0.25, 0.3) is 0 Å². The maximum Gasteiger partial charge on any atom is 0.204 e. The zero-order valence-corrected chi connectivity index (χ0v) is 14.1. The Kier molecular flexibility index (Phi) is 3.72. The van der Waals surface area contributed by atoms with Gasteiger partial charge in [-0.3, -0.25) is 4.79 Å². The molecular formula is C17H18N4O2S. The molecular weight excluding hydrogens is 324 g/mol. The predicted molar refractivity (Wildman–Crippen MR) is 94.7 cm³/mol. The maximum absolute atomic E-state index is 12.8. The molecule has 0 unspecified atom stereocenters. The number of carbonyl (C=O) groups excluding carboxylic acids is 1. The molecule has 24 heavy (non-hydrogen) atoms. The molecule has 1 fully saturated rings. The zero-order valence-electron chi connectivity index (χ0n) is 13.3. The molecule has 2 heterocycles. The molecule has 0 amide bonds. The molecule has 1 saturated carbocycles. The van der Waals surface area contributed by atoms with Gasteiger partial charge in [-0.2, -0.15) is 0 Å². The number of pyridine rings is 1. The van der Waals surface area contributed by atoms with E-state index in [0.717, 1.165) is 10.8 Å². The van der Waals surface area contributed by atoms with E-state index in [1.54, 1.807) is 25.4 Å². The van der Waals surface area contributed by atoms with Crippen LogP contribution in [0.1, 0.15) is 40.2 Å². The Morgan fingerprint density at radius 3 is 2.83 bits per heavy atom. The number of nitrogens with one attached hydrogen (secondary N) is 2. The van der Waals surface area contributed by atoms with E-state index < -0.39 is 0 Å². The van der Waals surface area contributed by atoms with E-state index >= 15 is 0 Å². The van der Waals surface area contributed by atoms with Gasteiger partial charge in [0, 0.05) is 30.4 Å². The number of anilines is 2. The standard InChI is InChI=1S/C17H18N4O2S/c1-18-13-7-2-9(8-19-13)14(22)11-5-6-12-16(15(11)23)24-17(21-12)20-10-3-4-10/h2,7-8,10,22H,3-6H2,1H3,(H,18,19)(H,20,21). The third-order valence-corrected chi connectivity index (χ3v) is 5.30. The van der Waals surface area contributed by atoms with E-state index in [9.17, 15) is 9.90 Å². The molecule has 3 N–H and O–H groups in total. The number of ketones is 1. The van der Waals surface area contributed by atoms with E-state index in [2.05, 4.69) is 20.6 Å². The Balaban J connectivity index is 1.63. The van der Waals surface area contributed by atoms with Crippen molar-refractivity contribution in [1.82, 2.24) is 9.97 Å². The fraction of sp³-hybridized carbons (Fsp3) is 0.353. The number of aryl methyl sites for hydroxylation is 1. The van der Waals surface area contributed by atoms with Crippen LogP contribution in [0.15, 0.2) is 23.9 Å². The van der Waals surface area contributed by atoms with E-state index in [-0.39, 0.29) is 11.5 Å². The Bertz CT molecular complexity index is 822. The predicted octanol–water partition coefficient (Wildman–Crippen LogP) is 3.25. The number of Topliss-reactive ketones (excluding diaryl/α,β-unsaturated/α-hetero) is 1. The number of carbonyl (C=O) groups is 1.